The second-order valence-electron chi connectivity index (χ2n) is 7.41. The molecule has 3 aromatic rings. The first-order valence-electron chi connectivity index (χ1n) is 10.5. The summed E-state index contributed by atoms with van der Waals surface area (Å²) >= 11 is 1.31. The molecule has 2 heterocycles. The van der Waals surface area contributed by atoms with Crippen LogP contribution in [0.2, 0.25) is 0 Å². The molecule has 0 radical (unpaired) electrons. The Bertz CT molecular complexity index is 983. The Morgan fingerprint density at radius 1 is 0.968 bits per heavy atom. The molecule has 31 heavy (non-hydrogen) atoms. The molecule has 7 heteroatoms. The highest BCUT2D eigenvalue weighted by Gasteiger charge is 2.21. The van der Waals surface area contributed by atoms with Gasteiger partial charge >= 0.3 is 0 Å². The molecule has 1 aromatic heterocycles. The molecule has 0 saturated carbocycles. The highest BCUT2D eigenvalue weighted by atomic mass is 32.2. The van der Waals surface area contributed by atoms with Crippen LogP contribution >= 0.6 is 11.8 Å². The number of nitrogens with zero attached hydrogens (tertiary/aromatic N) is 4. The van der Waals surface area contributed by atoms with Gasteiger partial charge in [0.15, 0.2) is 0 Å². The number of hydrogen-bond acceptors (Lipinski definition) is 6. The van der Waals surface area contributed by atoms with Crippen molar-refractivity contribution in [2.75, 3.05) is 38.5 Å². The average molecular weight is 435 g/mol. The first kappa shape index (κ1) is 21.3. The van der Waals surface area contributed by atoms with Crippen LogP contribution in [0.25, 0.3) is 6.08 Å². The maximum Gasteiger partial charge on any atom is 0.277 e. The highest BCUT2D eigenvalue weighted by Crippen LogP contribution is 2.18. The molecule has 0 N–H and O–H groups in total. The van der Waals surface area contributed by atoms with Crippen molar-refractivity contribution in [3.63, 3.8) is 0 Å². The summed E-state index contributed by atoms with van der Waals surface area (Å²) in [6, 6.07) is 20.3. The third-order valence-electron chi connectivity index (χ3n) is 5.16. The Balaban J connectivity index is 1.17. The van der Waals surface area contributed by atoms with E-state index in [1.165, 1.54) is 17.3 Å². The van der Waals surface area contributed by atoms with Crippen molar-refractivity contribution < 1.29 is 9.21 Å². The molecule has 0 aliphatic carbocycles. The van der Waals surface area contributed by atoms with E-state index in [9.17, 15) is 4.79 Å². The number of carbonyl (C=O) groups is 1. The van der Waals surface area contributed by atoms with Gasteiger partial charge in [-0.25, -0.2) is 0 Å². The molecule has 0 unspecified atom stereocenters. The third kappa shape index (κ3) is 6.54. The summed E-state index contributed by atoms with van der Waals surface area (Å²) in [6.45, 7) is 4.18. The Labute approximate surface area is 187 Å². The van der Waals surface area contributed by atoms with Gasteiger partial charge in [-0.05, 0) is 11.1 Å². The predicted octanol–water partition coefficient (Wildman–Crippen LogP) is 3.61. The van der Waals surface area contributed by atoms with Crippen molar-refractivity contribution >= 4 is 23.7 Å². The smallest absolute Gasteiger partial charge is 0.277 e. The first-order valence-corrected chi connectivity index (χ1v) is 11.5. The lowest BCUT2D eigenvalue weighted by Gasteiger charge is -2.34. The van der Waals surface area contributed by atoms with E-state index >= 15 is 0 Å². The summed E-state index contributed by atoms with van der Waals surface area (Å²) in [5.74, 6) is 1.01. The molecule has 4 rings (SSSR count). The van der Waals surface area contributed by atoms with Gasteiger partial charge < -0.3 is 9.32 Å². The summed E-state index contributed by atoms with van der Waals surface area (Å²) < 4.78 is 5.68. The largest absolute Gasteiger partial charge is 0.416 e. The summed E-state index contributed by atoms with van der Waals surface area (Å²) in [6.07, 6.45) is 4.93. The number of hydrogen-bond donors (Lipinski definition) is 0. The number of amides is 1. The van der Waals surface area contributed by atoms with Gasteiger partial charge in [0.1, 0.15) is 0 Å². The Morgan fingerprint density at radius 3 is 2.42 bits per heavy atom. The minimum absolute atomic E-state index is 0.118. The van der Waals surface area contributed by atoms with Crippen LogP contribution in [0.15, 0.2) is 76.4 Å². The normalized spacial score (nSPS) is 14.9. The van der Waals surface area contributed by atoms with Crippen LogP contribution in [0.4, 0.5) is 0 Å². The van der Waals surface area contributed by atoms with E-state index in [4.69, 9.17) is 4.42 Å². The SMILES string of the molecule is O=C(CSc1nnc(Cc2ccccc2)o1)N1CCN(CC=Cc2ccccc2)CC1. The van der Waals surface area contributed by atoms with Gasteiger partial charge in [0.25, 0.3) is 5.22 Å². The minimum Gasteiger partial charge on any atom is -0.416 e. The molecule has 1 amide bonds. The van der Waals surface area contributed by atoms with Gasteiger partial charge in [-0.2, -0.15) is 0 Å². The number of carbonyl (C=O) groups excluding carboxylic acids is 1. The Hall–Kier alpha value is -2.90. The van der Waals surface area contributed by atoms with Crippen molar-refractivity contribution in [3.8, 4) is 0 Å². The molecule has 0 atom stereocenters. The van der Waals surface area contributed by atoms with Gasteiger partial charge in [0, 0.05) is 32.7 Å². The van der Waals surface area contributed by atoms with Gasteiger partial charge in [-0.3, -0.25) is 9.69 Å². The number of piperazine rings is 1. The lowest BCUT2D eigenvalue weighted by molar-refractivity contribution is -0.130. The van der Waals surface area contributed by atoms with Crippen LogP contribution in [0, 0.1) is 0 Å². The molecule has 1 aliphatic heterocycles. The molecular formula is C24H26N4O2S. The zero-order valence-electron chi connectivity index (χ0n) is 17.4. The van der Waals surface area contributed by atoms with E-state index in [0.717, 1.165) is 38.3 Å². The fourth-order valence-corrected chi connectivity index (χ4v) is 4.12. The molecule has 1 saturated heterocycles. The van der Waals surface area contributed by atoms with E-state index in [0.29, 0.717) is 23.3 Å². The zero-order valence-corrected chi connectivity index (χ0v) is 18.2. The molecule has 1 aliphatic rings. The molecule has 0 bridgehead atoms. The van der Waals surface area contributed by atoms with Gasteiger partial charge in [0.2, 0.25) is 11.8 Å². The Morgan fingerprint density at radius 2 is 1.68 bits per heavy atom. The number of aromatic nitrogens is 2. The topological polar surface area (TPSA) is 62.5 Å². The standard InChI is InChI=1S/C24H26N4O2S/c29-23(19-31-24-26-25-22(30-24)18-21-10-5-2-6-11-21)28-16-14-27(15-17-28)13-7-12-20-8-3-1-4-9-20/h1-12H,13-19H2. The second-order valence-corrected chi connectivity index (χ2v) is 8.33. The first-order chi connectivity index (χ1) is 15.3. The van der Waals surface area contributed by atoms with Crippen molar-refractivity contribution in [3.05, 3.63) is 83.8 Å². The van der Waals surface area contributed by atoms with Crippen LogP contribution in [0.3, 0.4) is 0 Å². The molecule has 160 valence electrons. The van der Waals surface area contributed by atoms with Crippen LogP contribution < -0.4 is 0 Å². The molecule has 2 aromatic carbocycles. The maximum atomic E-state index is 12.6. The zero-order chi connectivity index (χ0) is 21.3. The molecular weight excluding hydrogens is 408 g/mol. The lowest BCUT2D eigenvalue weighted by Crippen LogP contribution is -2.49. The van der Waals surface area contributed by atoms with Crippen LogP contribution in [-0.4, -0.2) is 64.4 Å². The lowest BCUT2D eigenvalue weighted by atomic mass is 10.2. The van der Waals surface area contributed by atoms with E-state index in [-0.39, 0.29) is 5.91 Å². The Kier molecular flexibility index (Phi) is 7.52. The van der Waals surface area contributed by atoms with Gasteiger partial charge in [-0.1, -0.05) is 84.6 Å². The summed E-state index contributed by atoms with van der Waals surface area (Å²) in [5.41, 5.74) is 2.33. The quantitative estimate of drug-likeness (QED) is 0.505. The maximum absolute atomic E-state index is 12.6. The average Bonchev–Trinajstić information content (AvgIpc) is 3.26. The van der Waals surface area contributed by atoms with E-state index in [2.05, 4.69) is 39.4 Å². The van der Waals surface area contributed by atoms with Gasteiger partial charge in [-0.15, -0.1) is 10.2 Å². The molecule has 0 spiro atoms. The number of thioether (sulfide) groups is 1. The fourth-order valence-electron chi connectivity index (χ4n) is 3.44. The van der Waals surface area contributed by atoms with E-state index in [1.807, 2.05) is 53.4 Å². The minimum atomic E-state index is 0.118. The summed E-state index contributed by atoms with van der Waals surface area (Å²) in [5, 5.41) is 8.59. The van der Waals surface area contributed by atoms with E-state index in [1.54, 1.807) is 0 Å². The molecule has 6 nitrogen and oxygen atoms in total. The summed E-state index contributed by atoms with van der Waals surface area (Å²) in [4.78, 5) is 16.8. The second kappa shape index (κ2) is 10.9. The van der Waals surface area contributed by atoms with Crippen molar-refractivity contribution in [1.82, 2.24) is 20.0 Å². The van der Waals surface area contributed by atoms with Gasteiger partial charge in [0.05, 0.1) is 12.2 Å². The number of rotatable bonds is 8. The fraction of sp³-hybridized carbons (Fsp3) is 0.292. The van der Waals surface area contributed by atoms with Crippen LogP contribution in [-0.2, 0) is 11.2 Å². The predicted molar refractivity (Wildman–Crippen MR) is 123 cm³/mol. The number of benzene rings is 2. The van der Waals surface area contributed by atoms with Crippen molar-refractivity contribution in [2.24, 2.45) is 0 Å². The van der Waals surface area contributed by atoms with Crippen molar-refractivity contribution in [1.29, 1.82) is 0 Å². The third-order valence-corrected chi connectivity index (χ3v) is 5.97. The highest BCUT2D eigenvalue weighted by molar-refractivity contribution is 7.99. The monoisotopic (exact) mass is 434 g/mol. The van der Waals surface area contributed by atoms with E-state index < -0.39 is 0 Å². The van der Waals surface area contributed by atoms with Crippen molar-refractivity contribution in [2.45, 2.75) is 11.6 Å². The summed E-state index contributed by atoms with van der Waals surface area (Å²) in [7, 11) is 0. The van der Waals surface area contributed by atoms with Crippen LogP contribution in [0.1, 0.15) is 17.0 Å². The van der Waals surface area contributed by atoms with Crippen LogP contribution in [0.5, 0.6) is 0 Å². The molecule has 1 fully saturated rings.